The van der Waals surface area contributed by atoms with Crippen LogP contribution in [0.4, 0.5) is 0 Å². The van der Waals surface area contributed by atoms with Gasteiger partial charge in [-0.3, -0.25) is 9.59 Å². The van der Waals surface area contributed by atoms with Gasteiger partial charge < -0.3 is 9.80 Å². The lowest BCUT2D eigenvalue weighted by molar-refractivity contribution is -0.137. The summed E-state index contributed by atoms with van der Waals surface area (Å²) in [5.74, 6) is 0.906. The van der Waals surface area contributed by atoms with Crippen molar-refractivity contribution in [2.45, 2.75) is 45.4 Å². The third-order valence-electron chi connectivity index (χ3n) is 5.64. The molecule has 1 aromatic rings. The average molecular weight is 342 g/mol. The van der Waals surface area contributed by atoms with Crippen LogP contribution < -0.4 is 0 Å². The molecule has 0 saturated carbocycles. The Morgan fingerprint density at radius 3 is 2.56 bits per heavy atom. The summed E-state index contributed by atoms with van der Waals surface area (Å²) in [5, 5.41) is 0. The molecule has 0 aliphatic carbocycles. The van der Waals surface area contributed by atoms with Gasteiger partial charge in [0.2, 0.25) is 11.8 Å². The summed E-state index contributed by atoms with van der Waals surface area (Å²) in [6.07, 6.45) is 5.76. The normalized spacial score (nSPS) is 21.8. The van der Waals surface area contributed by atoms with E-state index < -0.39 is 0 Å². The topological polar surface area (TPSA) is 40.6 Å². The number of benzene rings is 1. The lowest BCUT2D eigenvalue weighted by Crippen LogP contribution is -2.42. The summed E-state index contributed by atoms with van der Waals surface area (Å²) in [6, 6.07) is 10.6. The average Bonchev–Trinajstić information content (AvgIpc) is 3.01. The zero-order valence-corrected chi connectivity index (χ0v) is 15.3. The Morgan fingerprint density at radius 2 is 1.88 bits per heavy atom. The number of carbonyl (C=O) groups excluding carboxylic acids is 2. The van der Waals surface area contributed by atoms with Gasteiger partial charge in [0.05, 0.1) is 5.92 Å². The second-order valence-electron chi connectivity index (χ2n) is 7.55. The van der Waals surface area contributed by atoms with Crippen molar-refractivity contribution in [3.8, 4) is 0 Å². The predicted octanol–water partition coefficient (Wildman–Crippen LogP) is 3.12. The third-order valence-corrected chi connectivity index (χ3v) is 5.64. The van der Waals surface area contributed by atoms with Gasteiger partial charge in [0.15, 0.2) is 0 Å². The van der Waals surface area contributed by atoms with E-state index >= 15 is 0 Å². The highest BCUT2D eigenvalue weighted by atomic mass is 16.2. The van der Waals surface area contributed by atoms with Crippen LogP contribution >= 0.6 is 0 Å². The number of rotatable bonds is 6. The molecule has 2 aliphatic rings. The molecular formula is C21H30N2O2. The van der Waals surface area contributed by atoms with Gasteiger partial charge in [-0.25, -0.2) is 0 Å². The summed E-state index contributed by atoms with van der Waals surface area (Å²) in [7, 11) is 0. The summed E-state index contributed by atoms with van der Waals surface area (Å²) in [4.78, 5) is 28.8. The van der Waals surface area contributed by atoms with E-state index in [1.165, 1.54) is 5.56 Å². The minimum atomic E-state index is -0.116. The van der Waals surface area contributed by atoms with Crippen LogP contribution in [0.25, 0.3) is 0 Å². The molecule has 1 aromatic carbocycles. The fraction of sp³-hybridized carbons (Fsp3) is 0.619. The Hall–Kier alpha value is -1.84. The molecule has 0 aromatic heterocycles. The molecule has 136 valence electrons. The molecule has 0 bridgehead atoms. The Morgan fingerprint density at radius 1 is 1.16 bits per heavy atom. The van der Waals surface area contributed by atoms with Gasteiger partial charge in [-0.05, 0) is 37.2 Å². The maximum atomic E-state index is 12.8. The SMILES string of the molecule is CCCCN1C[C@H](C(=O)N2CCC(Cc3ccccc3)CC2)CC1=O. The first-order valence-electron chi connectivity index (χ1n) is 9.78. The van der Waals surface area contributed by atoms with Gasteiger partial charge in [0.25, 0.3) is 0 Å². The van der Waals surface area contributed by atoms with Crippen LogP contribution in [0.3, 0.4) is 0 Å². The fourth-order valence-corrected chi connectivity index (χ4v) is 4.07. The molecule has 4 nitrogen and oxygen atoms in total. The van der Waals surface area contributed by atoms with E-state index in [1.54, 1.807) is 0 Å². The molecule has 2 amide bonds. The fourth-order valence-electron chi connectivity index (χ4n) is 4.07. The number of amides is 2. The van der Waals surface area contributed by atoms with Crippen molar-refractivity contribution in [1.82, 2.24) is 9.80 Å². The Kier molecular flexibility index (Phi) is 6.11. The Bertz CT molecular complexity index is 579. The summed E-state index contributed by atoms with van der Waals surface area (Å²) in [5.41, 5.74) is 1.39. The highest BCUT2D eigenvalue weighted by Gasteiger charge is 2.37. The number of piperidine rings is 1. The molecule has 4 heteroatoms. The monoisotopic (exact) mass is 342 g/mol. The van der Waals surface area contributed by atoms with Crippen molar-refractivity contribution >= 4 is 11.8 Å². The van der Waals surface area contributed by atoms with Gasteiger partial charge in [-0.2, -0.15) is 0 Å². The summed E-state index contributed by atoms with van der Waals surface area (Å²) in [6.45, 7) is 5.24. The van der Waals surface area contributed by atoms with Crippen LogP contribution in [0.2, 0.25) is 0 Å². The molecule has 0 radical (unpaired) electrons. The summed E-state index contributed by atoms with van der Waals surface area (Å²) >= 11 is 0. The minimum absolute atomic E-state index is 0.116. The predicted molar refractivity (Wildman–Crippen MR) is 99.0 cm³/mol. The standard InChI is InChI=1S/C21H30N2O2/c1-2-3-11-23-16-19(15-20(23)24)21(25)22-12-9-18(10-13-22)14-17-7-5-4-6-8-17/h4-8,18-19H,2-3,9-16H2,1H3/t19-/m1/s1. The zero-order valence-electron chi connectivity index (χ0n) is 15.3. The van der Waals surface area contributed by atoms with Crippen LogP contribution in [0.15, 0.2) is 30.3 Å². The van der Waals surface area contributed by atoms with Crippen LogP contribution in [0.5, 0.6) is 0 Å². The molecule has 0 unspecified atom stereocenters. The smallest absolute Gasteiger partial charge is 0.227 e. The number of hydrogen-bond acceptors (Lipinski definition) is 2. The van der Waals surface area contributed by atoms with Gasteiger partial charge >= 0.3 is 0 Å². The van der Waals surface area contributed by atoms with Gasteiger partial charge in [0.1, 0.15) is 0 Å². The van der Waals surface area contributed by atoms with Crippen molar-refractivity contribution in [2.24, 2.45) is 11.8 Å². The van der Waals surface area contributed by atoms with E-state index in [0.717, 1.165) is 51.7 Å². The quantitative estimate of drug-likeness (QED) is 0.797. The van der Waals surface area contributed by atoms with Crippen molar-refractivity contribution in [1.29, 1.82) is 0 Å². The van der Waals surface area contributed by atoms with Crippen LogP contribution in [0.1, 0.15) is 44.6 Å². The van der Waals surface area contributed by atoms with E-state index in [0.29, 0.717) is 18.9 Å². The van der Waals surface area contributed by atoms with Gasteiger partial charge in [0, 0.05) is 32.6 Å². The van der Waals surface area contributed by atoms with E-state index in [9.17, 15) is 9.59 Å². The van der Waals surface area contributed by atoms with Crippen molar-refractivity contribution in [3.63, 3.8) is 0 Å². The lowest BCUT2D eigenvalue weighted by Gasteiger charge is -2.33. The maximum Gasteiger partial charge on any atom is 0.227 e. The minimum Gasteiger partial charge on any atom is -0.342 e. The maximum absolute atomic E-state index is 12.8. The Labute approximate surface area is 151 Å². The van der Waals surface area contributed by atoms with Crippen LogP contribution in [-0.4, -0.2) is 47.8 Å². The molecular weight excluding hydrogens is 312 g/mol. The lowest BCUT2D eigenvalue weighted by atomic mass is 9.89. The number of nitrogens with zero attached hydrogens (tertiary/aromatic N) is 2. The first-order valence-corrected chi connectivity index (χ1v) is 9.78. The molecule has 2 saturated heterocycles. The molecule has 0 spiro atoms. The Balaban J connectivity index is 1.46. The highest BCUT2D eigenvalue weighted by molar-refractivity contribution is 5.89. The molecule has 0 N–H and O–H groups in total. The van der Waals surface area contributed by atoms with E-state index in [4.69, 9.17) is 0 Å². The van der Waals surface area contributed by atoms with Crippen molar-refractivity contribution < 1.29 is 9.59 Å². The van der Waals surface area contributed by atoms with E-state index in [-0.39, 0.29) is 17.7 Å². The summed E-state index contributed by atoms with van der Waals surface area (Å²) < 4.78 is 0. The molecule has 2 heterocycles. The van der Waals surface area contributed by atoms with Crippen molar-refractivity contribution in [3.05, 3.63) is 35.9 Å². The number of hydrogen-bond donors (Lipinski definition) is 0. The highest BCUT2D eigenvalue weighted by Crippen LogP contribution is 2.26. The molecule has 3 rings (SSSR count). The molecule has 2 aliphatic heterocycles. The van der Waals surface area contributed by atoms with E-state index in [1.807, 2.05) is 9.80 Å². The second-order valence-corrected chi connectivity index (χ2v) is 7.55. The second kappa shape index (κ2) is 8.50. The first-order chi connectivity index (χ1) is 12.2. The van der Waals surface area contributed by atoms with Gasteiger partial charge in [-0.1, -0.05) is 43.7 Å². The first kappa shape index (κ1) is 18.0. The van der Waals surface area contributed by atoms with Crippen LogP contribution in [0, 0.1) is 11.8 Å². The van der Waals surface area contributed by atoms with Crippen molar-refractivity contribution in [2.75, 3.05) is 26.2 Å². The van der Waals surface area contributed by atoms with E-state index in [2.05, 4.69) is 37.3 Å². The molecule has 25 heavy (non-hydrogen) atoms. The largest absolute Gasteiger partial charge is 0.342 e. The molecule has 2 fully saturated rings. The van der Waals surface area contributed by atoms with Gasteiger partial charge in [-0.15, -0.1) is 0 Å². The third kappa shape index (κ3) is 4.62. The zero-order chi connectivity index (χ0) is 17.6. The number of unbranched alkanes of at least 4 members (excludes halogenated alkanes) is 1. The van der Waals surface area contributed by atoms with Crippen LogP contribution in [-0.2, 0) is 16.0 Å². The number of carbonyl (C=O) groups is 2. The molecule has 1 atom stereocenters. The number of likely N-dealkylation sites (tertiary alicyclic amines) is 2.